The van der Waals surface area contributed by atoms with Crippen LogP contribution in [0.4, 0.5) is 0 Å². The highest BCUT2D eigenvalue weighted by molar-refractivity contribution is 9.10. The summed E-state index contributed by atoms with van der Waals surface area (Å²) in [5.74, 6) is 1.39. The van der Waals surface area contributed by atoms with E-state index in [0.717, 1.165) is 22.9 Å². The zero-order valence-corrected chi connectivity index (χ0v) is 14.2. The van der Waals surface area contributed by atoms with Crippen molar-refractivity contribution in [2.45, 2.75) is 38.8 Å². The molecule has 114 valence electrons. The number of hydrogen-bond acceptors (Lipinski definition) is 4. The number of rotatable bonds is 8. The molecule has 20 heavy (non-hydrogen) atoms. The van der Waals surface area contributed by atoms with Gasteiger partial charge in [-0.05, 0) is 46.5 Å². The molecule has 0 aliphatic rings. The first-order valence-electron chi connectivity index (χ1n) is 6.82. The molecule has 0 radical (unpaired) electrons. The standard InChI is InChI=1S/C15H24BrNO3/c1-5-15(6-2,10-18)17-9-11-7-12(16)14(20-4)13(8-11)19-3/h7-8,17-18H,5-6,9-10H2,1-4H3. The maximum Gasteiger partial charge on any atom is 0.174 e. The second-order valence-corrected chi connectivity index (χ2v) is 5.67. The molecule has 0 saturated heterocycles. The van der Waals surface area contributed by atoms with Gasteiger partial charge in [0.1, 0.15) is 0 Å². The number of hydrogen-bond donors (Lipinski definition) is 2. The van der Waals surface area contributed by atoms with Crippen molar-refractivity contribution in [3.8, 4) is 11.5 Å². The van der Waals surface area contributed by atoms with Crippen molar-refractivity contribution < 1.29 is 14.6 Å². The molecule has 0 heterocycles. The molecular formula is C15H24BrNO3. The van der Waals surface area contributed by atoms with Gasteiger partial charge < -0.3 is 19.9 Å². The monoisotopic (exact) mass is 345 g/mol. The van der Waals surface area contributed by atoms with Gasteiger partial charge in [-0.15, -0.1) is 0 Å². The van der Waals surface area contributed by atoms with Gasteiger partial charge in [0.05, 0.1) is 25.3 Å². The molecule has 0 aliphatic carbocycles. The van der Waals surface area contributed by atoms with E-state index < -0.39 is 0 Å². The minimum Gasteiger partial charge on any atom is -0.493 e. The van der Waals surface area contributed by atoms with Crippen LogP contribution in [0.3, 0.4) is 0 Å². The summed E-state index contributed by atoms with van der Waals surface area (Å²) in [5, 5.41) is 13.0. The number of nitrogens with one attached hydrogen (secondary N) is 1. The zero-order chi connectivity index (χ0) is 15.2. The Balaban J connectivity index is 2.91. The van der Waals surface area contributed by atoms with Crippen LogP contribution in [0.15, 0.2) is 16.6 Å². The van der Waals surface area contributed by atoms with E-state index in [1.807, 2.05) is 12.1 Å². The normalized spacial score (nSPS) is 11.5. The molecule has 0 atom stereocenters. The van der Waals surface area contributed by atoms with Gasteiger partial charge in [-0.3, -0.25) is 0 Å². The van der Waals surface area contributed by atoms with E-state index in [0.29, 0.717) is 18.0 Å². The van der Waals surface area contributed by atoms with Crippen molar-refractivity contribution in [2.75, 3.05) is 20.8 Å². The van der Waals surface area contributed by atoms with Gasteiger partial charge in [0.2, 0.25) is 0 Å². The lowest BCUT2D eigenvalue weighted by Crippen LogP contribution is -2.47. The lowest BCUT2D eigenvalue weighted by Gasteiger charge is -2.31. The van der Waals surface area contributed by atoms with Crippen LogP contribution in [0.2, 0.25) is 0 Å². The van der Waals surface area contributed by atoms with Gasteiger partial charge in [0, 0.05) is 12.1 Å². The van der Waals surface area contributed by atoms with E-state index in [4.69, 9.17) is 9.47 Å². The van der Waals surface area contributed by atoms with E-state index in [1.54, 1.807) is 14.2 Å². The molecule has 0 aliphatic heterocycles. The second-order valence-electron chi connectivity index (χ2n) is 4.81. The number of aliphatic hydroxyl groups is 1. The molecule has 0 bridgehead atoms. The summed E-state index contributed by atoms with van der Waals surface area (Å²) < 4.78 is 11.5. The Hall–Kier alpha value is -0.780. The summed E-state index contributed by atoms with van der Waals surface area (Å²) in [6.45, 7) is 4.96. The summed E-state index contributed by atoms with van der Waals surface area (Å²) in [6, 6.07) is 3.95. The molecule has 4 nitrogen and oxygen atoms in total. The average molecular weight is 346 g/mol. The third-order valence-corrected chi connectivity index (χ3v) is 4.41. The number of ether oxygens (including phenoxy) is 2. The van der Waals surface area contributed by atoms with Gasteiger partial charge in [0.25, 0.3) is 0 Å². The van der Waals surface area contributed by atoms with E-state index in [2.05, 4.69) is 35.1 Å². The van der Waals surface area contributed by atoms with E-state index in [1.165, 1.54) is 0 Å². The molecule has 2 N–H and O–H groups in total. The first-order chi connectivity index (χ1) is 9.55. The van der Waals surface area contributed by atoms with Crippen LogP contribution in [-0.4, -0.2) is 31.5 Å². The van der Waals surface area contributed by atoms with E-state index >= 15 is 0 Å². The molecule has 1 aromatic rings. The van der Waals surface area contributed by atoms with Crippen LogP contribution in [-0.2, 0) is 6.54 Å². The molecule has 0 saturated carbocycles. The highest BCUT2D eigenvalue weighted by atomic mass is 79.9. The van der Waals surface area contributed by atoms with Crippen molar-refractivity contribution in [3.05, 3.63) is 22.2 Å². The predicted octanol–water partition coefficient (Wildman–Crippen LogP) is 3.11. The fourth-order valence-electron chi connectivity index (χ4n) is 2.14. The van der Waals surface area contributed by atoms with Crippen LogP contribution in [0, 0.1) is 0 Å². The Morgan fingerprint density at radius 1 is 1.20 bits per heavy atom. The van der Waals surface area contributed by atoms with Crippen LogP contribution in [0.25, 0.3) is 0 Å². The summed E-state index contributed by atoms with van der Waals surface area (Å²) >= 11 is 3.49. The SMILES string of the molecule is CCC(CC)(CO)NCc1cc(Br)c(OC)c(OC)c1. The fourth-order valence-corrected chi connectivity index (χ4v) is 2.79. The highest BCUT2D eigenvalue weighted by Gasteiger charge is 2.24. The number of benzene rings is 1. The Morgan fingerprint density at radius 3 is 2.30 bits per heavy atom. The lowest BCUT2D eigenvalue weighted by molar-refractivity contribution is 0.149. The summed E-state index contributed by atoms with van der Waals surface area (Å²) in [4.78, 5) is 0. The van der Waals surface area contributed by atoms with E-state index in [9.17, 15) is 5.11 Å². The highest BCUT2D eigenvalue weighted by Crippen LogP contribution is 2.36. The maximum atomic E-state index is 9.58. The van der Waals surface area contributed by atoms with Crippen molar-refractivity contribution in [3.63, 3.8) is 0 Å². The van der Waals surface area contributed by atoms with Crippen LogP contribution < -0.4 is 14.8 Å². The van der Waals surface area contributed by atoms with Crippen molar-refractivity contribution in [1.82, 2.24) is 5.32 Å². The maximum absolute atomic E-state index is 9.58. The van der Waals surface area contributed by atoms with Crippen molar-refractivity contribution >= 4 is 15.9 Å². The first-order valence-corrected chi connectivity index (χ1v) is 7.61. The Kier molecular flexibility index (Phi) is 6.79. The average Bonchev–Trinajstić information content (AvgIpc) is 2.48. The van der Waals surface area contributed by atoms with Crippen LogP contribution in [0.5, 0.6) is 11.5 Å². The first kappa shape index (κ1) is 17.3. The van der Waals surface area contributed by atoms with Gasteiger partial charge in [-0.1, -0.05) is 13.8 Å². The largest absolute Gasteiger partial charge is 0.493 e. The lowest BCUT2D eigenvalue weighted by atomic mass is 9.93. The summed E-state index contributed by atoms with van der Waals surface area (Å²) in [7, 11) is 3.24. The number of methoxy groups -OCH3 is 2. The quantitative estimate of drug-likeness (QED) is 0.760. The van der Waals surface area contributed by atoms with Crippen LogP contribution in [0.1, 0.15) is 32.3 Å². The predicted molar refractivity (Wildman–Crippen MR) is 84.5 cm³/mol. The van der Waals surface area contributed by atoms with Gasteiger partial charge in [-0.2, -0.15) is 0 Å². The zero-order valence-electron chi connectivity index (χ0n) is 12.6. The van der Waals surface area contributed by atoms with Crippen molar-refractivity contribution in [2.24, 2.45) is 0 Å². The minimum atomic E-state index is -0.223. The smallest absolute Gasteiger partial charge is 0.174 e. The Labute approximate surface area is 129 Å². The van der Waals surface area contributed by atoms with Crippen molar-refractivity contribution in [1.29, 1.82) is 0 Å². The fraction of sp³-hybridized carbons (Fsp3) is 0.600. The molecule has 0 fully saturated rings. The summed E-state index contributed by atoms with van der Waals surface area (Å²) in [6.07, 6.45) is 1.77. The van der Waals surface area contributed by atoms with Crippen LogP contribution >= 0.6 is 15.9 Å². The van der Waals surface area contributed by atoms with Gasteiger partial charge in [-0.25, -0.2) is 0 Å². The molecule has 1 rings (SSSR count). The van der Waals surface area contributed by atoms with Gasteiger partial charge in [0.15, 0.2) is 11.5 Å². The second kappa shape index (κ2) is 7.86. The third-order valence-electron chi connectivity index (χ3n) is 3.82. The molecule has 0 amide bonds. The number of aliphatic hydroxyl groups excluding tert-OH is 1. The molecule has 0 unspecified atom stereocenters. The van der Waals surface area contributed by atoms with Gasteiger partial charge >= 0.3 is 0 Å². The number of halogens is 1. The molecule has 5 heteroatoms. The minimum absolute atomic E-state index is 0.133. The molecule has 0 spiro atoms. The molecule has 1 aromatic carbocycles. The topological polar surface area (TPSA) is 50.7 Å². The molecular weight excluding hydrogens is 322 g/mol. The Bertz CT molecular complexity index is 425. The summed E-state index contributed by atoms with van der Waals surface area (Å²) in [5.41, 5.74) is 0.855. The molecule has 0 aromatic heterocycles. The Morgan fingerprint density at radius 2 is 1.85 bits per heavy atom. The third kappa shape index (κ3) is 3.87. The van der Waals surface area contributed by atoms with E-state index in [-0.39, 0.29) is 12.1 Å².